The van der Waals surface area contributed by atoms with Crippen LogP contribution in [0.2, 0.25) is 0 Å². The van der Waals surface area contributed by atoms with Crippen molar-refractivity contribution in [3.63, 3.8) is 0 Å². The summed E-state index contributed by atoms with van der Waals surface area (Å²) in [6.45, 7) is 3.58. The Balaban J connectivity index is 2.03. The molecule has 5 nitrogen and oxygen atoms in total. The summed E-state index contributed by atoms with van der Waals surface area (Å²) in [5.74, 6) is 0.128. The summed E-state index contributed by atoms with van der Waals surface area (Å²) in [4.78, 5) is 18.2. The van der Waals surface area contributed by atoms with E-state index in [-0.39, 0.29) is 11.9 Å². The molecular formula is C13H19BrN4O. The van der Waals surface area contributed by atoms with Gasteiger partial charge >= 0.3 is 0 Å². The van der Waals surface area contributed by atoms with Crippen LogP contribution in [0.5, 0.6) is 0 Å². The fraction of sp³-hybridized carbons (Fsp3) is 0.538. The Morgan fingerprint density at radius 1 is 1.42 bits per heavy atom. The van der Waals surface area contributed by atoms with E-state index < -0.39 is 0 Å². The van der Waals surface area contributed by atoms with Crippen LogP contribution >= 0.6 is 15.9 Å². The van der Waals surface area contributed by atoms with E-state index in [0.29, 0.717) is 5.69 Å². The summed E-state index contributed by atoms with van der Waals surface area (Å²) in [6, 6.07) is -0.293. The van der Waals surface area contributed by atoms with Gasteiger partial charge in [-0.3, -0.25) is 9.78 Å². The second-order valence-electron chi connectivity index (χ2n) is 4.84. The van der Waals surface area contributed by atoms with Crippen LogP contribution in [0.25, 0.3) is 0 Å². The Bertz CT molecular complexity index is 440. The lowest BCUT2D eigenvalue weighted by Crippen LogP contribution is -2.44. The molecule has 2 heterocycles. The molecule has 0 bridgehead atoms. The molecule has 0 radical (unpaired) electrons. The molecule has 6 heteroatoms. The van der Waals surface area contributed by atoms with Crippen molar-refractivity contribution in [1.82, 2.24) is 9.88 Å². The second kappa shape index (κ2) is 6.23. The lowest BCUT2D eigenvalue weighted by molar-refractivity contribution is -0.132. The fourth-order valence-corrected chi connectivity index (χ4v) is 2.73. The molecule has 0 aromatic carbocycles. The van der Waals surface area contributed by atoms with Gasteiger partial charge < -0.3 is 16.0 Å². The van der Waals surface area contributed by atoms with Crippen LogP contribution in [-0.2, 0) is 4.79 Å². The SMILES string of the molecule is CC(Nc1c(N)cncc1Br)C(=O)N1CCCCC1. The standard InChI is InChI=1S/C13H19BrN4O/c1-9(13(19)18-5-3-2-4-6-18)17-12-10(14)7-16-8-11(12)15/h7-9H,2-6,15H2,1H3,(H,16,17). The number of aromatic nitrogens is 1. The normalized spacial score (nSPS) is 17.1. The number of piperidine rings is 1. The molecule has 1 unspecified atom stereocenters. The number of hydrogen-bond acceptors (Lipinski definition) is 4. The van der Waals surface area contributed by atoms with Crippen LogP contribution in [0.15, 0.2) is 16.9 Å². The number of carbonyl (C=O) groups is 1. The molecule has 0 spiro atoms. The van der Waals surface area contributed by atoms with E-state index in [2.05, 4.69) is 26.2 Å². The summed E-state index contributed by atoms with van der Waals surface area (Å²) < 4.78 is 0.769. The Kier molecular flexibility index (Phi) is 4.63. The number of anilines is 2. The highest BCUT2D eigenvalue weighted by molar-refractivity contribution is 9.10. The molecular weight excluding hydrogens is 308 g/mol. The molecule has 1 fully saturated rings. The van der Waals surface area contributed by atoms with Crippen LogP contribution in [0.4, 0.5) is 11.4 Å². The molecule has 1 saturated heterocycles. The monoisotopic (exact) mass is 326 g/mol. The van der Waals surface area contributed by atoms with Crippen molar-refractivity contribution in [2.24, 2.45) is 0 Å². The van der Waals surface area contributed by atoms with Gasteiger partial charge in [-0.1, -0.05) is 0 Å². The van der Waals surface area contributed by atoms with E-state index in [4.69, 9.17) is 5.73 Å². The quantitative estimate of drug-likeness (QED) is 0.893. The van der Waals surface area contributed by atoms with Crippen molar-refractivity contribution in [1.29, 1.82) is 0 Å². The van der Waals surface area contributed by atoms with Gasteiger partial charge in [-0.05, 0) is 42.1 Å². The van der Waals surface area contributed by atoms with Crippen LogP contribution < -0.4 is 11.1 Å². The average molecular weight is 327 g/mol. The third-order valence-electron chi connectivity index (χ3n) is 3.33. The summed E-state index contributed by atoms with van der Waals surface area (Å²) in [7, 11) is 0. The van der Waals surface area contributed by atoms with E-state index >= 15 is 0 Å². The number of nitrogens with one attached hydrogen (secondary N) is 1. The summed E-state index contributed by atoms with van der Waals surface area (Å²) in [5.41, 5.74) is 7.13. The number of halogens is 1. The van der Waals surface area contributed by atoms with Gasteiger partial charge in [-0.25, -0.2) is 0 Å². The van der Waals surface area contributed by atoms with Gasteiger partial charge in [0.05, 0.1) is 22.0 Å². The van der Waals surface area contributed by atoms with Crippen LogP contribution in [0, 0.1) is 0 Å². The topological polar surface area (TPSA) is 71.2 Å². The first-order chi connectivity index (χ1) is 9.09. The first-order valence-corrected chi connectivity index (χ1v) is 7.33. The van der Waals surface area contributed by atoms with Crippen molar-refractivity contribution in [2.45, 2.75) is 32.2 Å². The van der Waals surface area contributed by atoms with Crippen LogP contribution in [-0.4, -0.2) is 34.9 Å². The molecule has 1 aliphatic rings. The maximum absolute atomic E-state index is 12.3. The number of nitrogens with zero attached hydrogens (tertiary/aromatic N) is 2. The Hall–Kier alpha value is -1.30. The number of carbonyl (C=O) groups excluding carboxylic acids is 1. The number of pyridine rings is 1. The van der Waals surface area contributed by atoms with Crippen LogP contribution in [0.1, 0.15) is 26.2 Å². The molecule has 2 rings (SSSR count). The minimum Gasteiger partial charge on any atom is -0.396 e. The first-order valence-electron chi connectivity index (χ1n) is 6.54. The molecule has 0 saturated carbocycles. The van der Waals surface area contributed by atoms with E-state index in [0.717, 1.165) is 36.1 Å². The number of amides is 1. The zero-order valence-corrected chi connectivity index (χ0v) is 12.6. The smallest absolute Gasteiger partial charge is 0.244 e. The largest absolute Gasteiger partial charge is 0.396 e. The zero-order chi connectivity index (χ0) is 13.8. The van der Waals surface area contributed by atoms with Gasteiger partial charge in [0.2, 0.25) is 5.91 Å². The minimum atomic E-state index is -0.293. The highest BCUT2D eigenvalue weighted by atomic mass is 79.9. The van der Waals surface area contributed by atoms with Crippen molar-refractivity contribution in [3.05, 3.63) is 16.9 Å². The predicted molar refractivity (Wildman–Crippen MR) is 79.9 cm³/mol. The molecule has 0 aliphatic carbocycles. The van der Waals surface area contributed by atoms with Crippen molar-refractivity contribution >= 4 is 33.2 Å². The van der Waals surface area contributed by atoms with Gasteiger partial charge in [-0.2, -0.15) is 0 Å². The molecule has 1 aromatic heterocycles. The molecule has 1 amide bonds. The zero-order valence-electron chi connectivity index (χ0n) is 11.0. The fourth-order valence-electron chi connectivity index (χ4n) is 2.27. The van der Waals surface area contributed by atoms with E-state index in [1.54, 1.807) is 12.4 Å². The van der Waals surface area contributed by atoms with E-state index in [9.17, 15) is 4.79 Å². The van der Waals surface area contributed by atoms with Gasteiger partial charge in [0.25, 0.3) is 0 Å². The Morgan fingerprint density at radius 3 is 2.74 bits per heavy atom. The van der Waals surface area contributed by atoms with E-state index in [1.165, 1.54) is 6.42 Å². The van der Waals surface area contributed by atoms with Gasteiger partial charge in [0.1, 0.15) is 6.04 Å². The maximum atomic E-state index is 12.3. The van der Waals surface area contributed by atoms with Crippen molar-refractivity contribution < 1.29 is 4.79 Å². The van der Waals surface area contributed by atoms with Crippen molar-refractivity contribution in [2.75, 3.05) is 24.1 Å². The average Bonchev–Trinajstić information content (AvgIpc) is 2.43. The molecule has 104 valence electrons. The summed E-state index contributed by atoms with van der Waals surface area (Å²) in [5, 5.41) is 3.17. The lowest BCUT2D eigenvalue weighted by atomic mass is 10.1. The minimum absolute atomic E-state index is 0.128. The summed E-state index contributed by atoms with van der Waals surface area (Å²) in [6.07, 6.45) is 6.65. The molecule has 19 heavy (non-hydrogen) atoms. The number of rotatable bonds is 3. The Labute approximate surface area is 121 Å². The molecule has 1 aromatic rings. The van der Waals surface area contributed by atoms with Gasteiger partial charge in [0.15, 0.2) is 0 Å². The number of hydrogen-bond donors (Lipinski definition) is 2. The third kappa shape index (κ3) is 3.37. The van der Waals surface area contributed by atoms with E-state index in [1.807, 2.05) is 11.8 Å². The number of likely N-dealkylation sites (tertiary alicyclic amines) is 1. The highest BCUT2D eigenvalue weighted by Crippen LogP contribution is 2.28. The number of nitrogen functional groups attached to an aromatic ring is 1. The predicted octanol–water partition coefficient (Wildman–Crippen LogP) is 2.24. The highest BCUT2D eigenvalue weighted by Gasteiger charge is 2.22. The third-order valence-corrected chi connectivity index (χ3v) is 3.93. The molecule has 3 N–H and O–H groups in total. The van der Waals surface area contributed by atoms with Gasteiger partial charge in [-0.15, -0.1) is 0 Å². The summed E-state index contributed by atoms with van der Waals surface area (Å²) >= 11 is 3.39. The molecule has 1 aliphatic heterocycles. The Morgan fingerprint density at radius 2 is 2.11 bits per heavy atom. The van der Waals surface area contributed by atoms with Gasteiger partial charge in [0, 0.05) is 19.3 Å². The van der Waals surface area contributed by atoms with Crippen molar-refractivity contribution in [3.8, 4) is 0 Å². The lowest BCUT2D eigenvalue weighted by Gasteiger charge is -2.30. The van der Waals surface area contributed by atoms with Crippen LogP contribution in [0.3, 0.4) is 0 Å². The maximum Gasteiger partial charge on any atom is 0.244 e. The first kappa shape index (κ1) is 14.1. The molecule has 1 atom stereocenters. The second-order valence-corrected chi connectivity index (χ2v) is 5.69. The number of nitrogens with two attached hydrogens (primary N) is 1.